The first-order chi connectivity index (χ1) is 19.1. The van der Waals surface area contributed by atoms with Crippen LogP contribution in [-0.2, 0) is 16.1 Å². The van der Waals surface area contributed by atoms with Crippen LogP contribution < -0.4 is 24.4 Å². The van der Waals surface area contributed by atoms with E-state index in [1.54, 1.807) is 49.6 Å². The van der Waals surface area contributed by atoms with Crippen LogP contribution >= 0.6 is 0 Å². The molecule has 4 aromatic rings. The summed E-state index contributed by atoms with van der Waals surface area (Å²) in [6.07, 6.45) is 0. The van der Waals surface area contributed by atoms with Gasteiger partial charge in [-0.2, -0.15) is 0 Å². The molecule has 2 amide bonds. The molecule has 40 heavy (non-hydrogen) atoms. The fraction of sp³-hybridized carbons (Fsp3) is 0.333. The van der Waals surface area contributed by atoms with Crippen LogP contribution in [0.5, 0.6) is 17.2 Å². The molecule has 0 bridgehead atoms. The molecule has 3 aromatic carbocycles. The van der Waals surface area contributed by atoms with Gasteiger partial charge in [-0.15, -0.1) is 5.10 Å². The third-order valence-corrected chi connectivity index (χ3v) is 6.14. The fourth-order valence-electron chi connectivity index (χ4n) is 4.43. The maximum absolute atomic E-state index is 14.3. The zero-order valence-electron chi connectivity index (χ0n) is 23.7. The van der Waals surface area contributed by atoms with E-state index in [4.69, 9.17) is 14.2 Å². The van der Waals surface area contributed by atoms with Gasteiger partial charge in [-0.25, -0.2) is 4.68 Å². The number of carbonyl (C=O) groups excluding carboxylic acids is 2. The molecule has 1 heterocycles. The largest absolute Gasteiger partial charge is 0.497 e. The topological polar surface area (TPSA) is 108 Å². The summed E-state index contributed by atoms with van der Waals surface area (Å²) in [4.78, 5) is 29.8. The van der Waals surface area contributed by atoms with Crippen LogP contribution in [0.2, 0.25) is 0 Å². The van der Waals surface area contributed by atoms with E-state index in [9.17, 15) is 9.59 Å². The number of fused-ring (bicyclic) bond motifs is 1. The molecule has 0 unspecified atom stereocenters. The number of methoxy groups -OCH3 is 2. The second-order valence-electron chi connectivity index (χ2n) is 10.2. The number of carbonyl (C=O) groups is 2. The highest BCUT2D eigenvalue weighted by Gasteiger charge is 2.37. The molecule has 0 saturated heterocycles. The first-order valence-corrected chi connectivity index (χ1v) is 13.0. The molecule has 1 atom stereocenters. The molecule has 1 N–H and O–H groups in total. The highest BCUT2D eigenvalue weighted by molar-refractivity contribution is 6.02. The van der Waals surface area contributed by atoms with Gasteiger partial charge < -0.3 is 19.5 Å². The SMILES string of the molecule is CCOc1ccc(N(C(=O)Cn2nnc3ccccc32)[C@H](C(=O)NC(C)(C)C)c2cc(OC)ccc2OC)cc1. The summed E-state index contributed by atoms with van der Waals surface area (Å²) >= 11 is 0. The number of para-hydroxylation sites is 1. The highest BCUT2D eigenvalue weighted by Crippen LogP contribution is 2.37. The quantitative estimate of drug-likeness (QED) is 0.312. The summed E-state index contributed by atoms with van der Waals surface area (Å²) in [5.74, 6) is 0.842. The molecule has 4 rings (SSSR count). The van der Waals surface area contributed by atoms with Gasteiger partial charge in [0, 0.05) is 16.8 Å². The molecule has 0 aliphatic rings. The molecule has 210 valence electrons. The summed E-state index contributed by atoms with van der Waals surface area (Å²) in [6, 6.07) is 18.5. The maximum atomic E-state index is 14.3. The Labute approximate surface area is 233 Å². The van der Waals surface area contributed by atoms with Crippen molar-refractivity contribution >= 4 is 28.5 Å². The molecule has 0 aliphatic carbocycles. The molecule has 1 aromatic heterocycles. The van der Waals surface area contributed by atoms with Crippen LogP contribution in [0.15, 0.2) is 66.7 Å². The van der Waals surface area contributed by atoms with Crippen molar-refractivity contribution < 1.29 is 23.8 Å². The van der Waals surface area contributed by atoms with Crippen LogP contribution in [0.3, 0.4) is 0 Å². The van der Waals surface area contributed by atoms with E-state index in [-0.39, 0.29) is 18.4 Å². The number of ether oxygens (including phenoxy) is 3. The van der Waals surface area contributed by atoms with E-state index < -0.39 is 11.6 Å². The minimum Gasteiger partial charge on any atom is -0.497 e. The summed E-state index contributed by atoms with van der Waals surface area (Å²) in [7, 11) is 3.07. The molecule has 0 saturated carbocycles. The van der Waals surface area contributed by atoms with Gasteiger partial charge in [0.05, 0.1) is 26.3 Å². The Hall–Kier alpha value is -4.60. The van der Waals surface area contributed by atoms with Crippen LogP contribution in [0.4, 0.5) is 5.69 Å². The van der Waals surface area contributed by atoms with E-state index in [1.165, 1.54) is 16.7 Å². The smallest absolute Gasteiger partial charge is 0.249 e. The Morgan fingerprint density at radius 3 is 2.33 bits per heavy atom. The van der Waals surface area contributed by atoms with Crippen molar-refractivity contribution in [2.75, 3.05) is 25.7 Å². The Morgan fingerprint density at radius 1 is 0.975 bits per heavy atom. The number of amides is 2. The monoisotopic (exact) mass is 545 g/mol. The van der Waals surface area contributed by atoms with Crippen molar-refractivity contribution in [3.8, 4) is 17.2 Å². The van der Waals surface area contributed by atoms with Gasteiger partial charge in [-0.05, 0) is 82.3 Å². The minimum atomic E-state index is -1.11. The molecule has 10 nitrogen and oxygen atoms in total. The first-order valence-electron chi connectivity index (χ1n) is 13.0. The predicted molar refractivity (Wildman–Crippen MR) is 153 cm³/mol. The predicted octanol–water partition coefficient (Wildman–Crippen LogP) is 4.54. The van der Waals surface area contributed by atoms with Gasteiger partial charge in [0.1, 0.15) is 35.4 Å². The second kappa shape index (κ2) is 12.1. The Bertz CT molecular complexity index is 1480. The van der Waals surface area contributed by atoms with Crippen molar-refractivity contribution in [3.63, 3.8) is 0 Å². The number of benzene rings is 3. The number of rotatable bonds is 10. The van der Waals surface area contributed by atoms with Gasteiger partial charge in [0.15, 0.2) is 0 Å². The first kappa shape index (κ1) is 28.4. The van der Waals surface area contributed by atoms with E-state index in [0.717, 1.165) is 0 Å². The maximum Gasteiger partial charge on any atom is 0.249 e. The number of hydrogen-bond donors (Lipinski definition) is 1. The Balaban J connectivity index is 1.89. The van der Waals surface area contributed by atoms with Gasteiger partial charge >= 0.3 is 0 Å². The lowest BCUT2D eigenvalue weighted by Gasteiger charge is -2.34. The minimum absolute atomic E-state index is 0.153. The third kappa shape index (κ3) is 6.33. The standard InChI is InChI=1S/C30H35N5O5/c1-7-40-21-14-12-20(13-15-21)35(27(36)19-34-25-11-9-8-10-24(25)32-33-34)28(29(37)31-30(2,3)4)23-18-22(38-5)16-17-26(23)39-6/h8-18,28H,7,19H2,1-6H3,(H,31,37)/t28-/m0/s1. The number of nitrogens with zero attached hydrogens (tertiary/aromatic N) is 4. The van der Waals surface area contributed by atoms with E-state index in [1.807, 2.05) is 52.0 Å². The summed E-state index contributed by atoms with van der Waals surface area (Å²) in [5, 5.41) is 11.4. The summed E-state index contributed by atoms with van der Waals surface area (Å²) < 4.78 is 18.3. The van der Waals surface area contributed by atoms with Crippen LogP contribution in [0, 0.1) is 0 Å². The number of hydrogen-bond acceptors (Lipinski definition) is 7. The van der Waals surface area contributed by atoms with Gasteiger partial charge in [-0.1, -0.05) is 17.3 Å². The van der Waals surface area contributed by atoms with Crippen molar-refractivity contribution in [2.45, 2.75) is 45.8 Å². The van der Waals surface area contributed by atoms with Gasteiger partial charge in [-0.3, -0.25) is 14.5 Å². The van der Waals surface area contributed by atoms with Crippen molar-refractivity contribution in [2.24, 2.45) is 0 Å². The van der Waals surface area contributed by atoms with Gasteiger partial charge in [0.25, 0.3) is 0 Å². The molecule has 10 heteroatoms. The van der Waals surface area contributed by atoms with Crippen LogP contribution in [0.1, 0.15) is 39.3 Å². The van der Waals surface area contributed by atoms with Crippen LogP contribution in [-0.4, -0.2) is 53.2 Å². The lowest BCUT2D eigenvalue weighted by atomic mass is 9.99. The Kier molecular flexibility index (Phi) is 8.57. The van der Waals surface area contributed by atoms with Gasteiger partial charge in [0.2, 0.25) is 11.8 Å². The number of aromatic nitrogens is 3. The zero-order valence-corrected chi connectivity index (χ0v) is 23.7. The normalized spacial score (nSPS) is 12.1. The van der Waals surface area contributed by atoms with Crippen LogP contribution in [0.25, 0.3) is 11.0 Å². The molecule has 0 radical (unpaired) electrons. The lowest BCUT2D eigenvalue weighted by Crippen LogP contribution is -2.50. The average Bonchev–Trinajstić information content (AvgIpc) is 3.33. The van der Waals surface area contributed by atoms with Crippen molar-refractivity contribution in [1.82, 2.24) is 20.3 Å². The second-order valence-corrected chi connectivity index (χ2v) is 10.2. The van der Waals surface area contributed by atoms with Crippen molar-refractivity contribution in [1.29, 1.82) is 0 Å². The molecule has 0 fully saturated rings. The molecule has 0 spiro atoms. The molecule has 0 aliphatic heterocycles. The van der Waals surface area contributed by atoms with Crippen molar-refractivity contribution in [3.05, 3.63) is 72.3 Å². The average molecular weight is 546 g/mol. The highest BCUT2D eigenvalue weighted by atomic mass is 16.5. The zero-order chi connectivity index (χ0) is 28.9. The summed E-state index contributed by atoms with van der Waals surface area (Å²) in [6.45, 7) is 7.90. The fourth-order valence-corrected chi connectivity index (χ4v) is 4.43. The Morgan fingerprint density at radius 2 is 1.68 bits per heavy atom. The molecular weight excluding hydrogens is 510 g/mol. The lowest BCUT2D eigenvalue weighted by molar-refractivity contribution is -0.128. The van der Waals surface area contributed by atoms with E-state index in [0.29, 0.717) is 46.1 Å². The van der Waals surface area contributed by atoms with E-state index >= 15 is 0 Å². The third-order valence-electron chi connectivity index (χ3n) is 6.14. The summed E-state index contributed by atoms with van der Waals surface area (Å²) in [5.41, 5.74) is 1.76. The van der Waals surface area contributed by atoms with E-state index in [2.05, 4.69) is 15.6 Å². The molecular formula is C30H35N5O5. The number of anilines is 1. The number of nitrogens with one attached hydrogen (secondary N) is 1.